The van der Waals surface area contributed by atoms with Crippen molar-refractivity contribution in [2.24, 2.45) is 0 Å². The van der Waals surface area contributed by atoms with Crippen LogP contribution in [0.25, 0.3) is 11.4 Å². The number of hydrogen-bond acceptors (Lipinski definition) is 5. The van der Waals surface area contributed by atoms with Gasteiger partial charge in [0.1, 0.15) is 0 Å². The highest BCUT2D eigenvalue weighted by molar-refractivity contribution is 5.51. The molecular formula is C9H8F3N5O. The fourth-order valence-electron chi connectivity index (χ4n) is 1.19. The van der Waals surface area contributed by atoms with Gasteiger partial charge in [-0.1, -0.05) is 0 Å². The Morgan fingerprint density at radius 3 is 2.78 bits per heavy atom. The highest BCUT2D eigenvalue weighted by atomic mass is 19.4. The van der Waals surface area contributed by atoms with Crippen molar-refractivity contribution >= 4 is 0 Å². The second-order valence-corrected chi connectivity index (χ2v) is 3.47. The first-order chi connectivity index (χ1) is 8.47. The minimum absolute atomic E-state index is 0.150. The Balaban J connectivity index is 2.12. The van der Waals surface area contributed by atoms with Gasteiger partial charge >= 0.3 is 6.18 Å². The molecule has 6 nitrogen and oxygen atoms in total. The predicted molar refractivity (Wildman–Crippen MR) is 53.1 cm³/mol. The van der Waals surface area contributed by atoms with Gasteiger partial charge in [-0.2, -0.15) is 18.0 Å². The van der Waals surface area contributed by atoms with Crippen LogP contribution in [-0.2, 0) is 6.54 Å². The van der Waals surface area contributed by atoms with Crippen molar-refractivity contribution < 1.29 is 18.3 Å². The Kier molecular flexibility index (Phi) is 3.24. The van der Waals surface area contributed by atoms with Gasteiger partial charge < -0.3 is 5.11 Å². The molecule has 0 unspecified atom stereocenters. The van der Waals surface area contributed by atoms with Crippen molar-refractivity contribution in [1.82, 2.24) is 25.2 Å². The number of nitrogens with zero attached hydrogens (tertiary/aromatic N) is 5. The summed E-state index contributed by atoms with van der Waals surface area (Å²) < 4.78 is 36.3. The summed E-state index contributed by atoms with van der Waals surface area (Å²) in [7, 11) is 0. The molecule has 0 bridgehead atoms. The van der Waals surface area contributed by atoms with Gasteiger partial charge in [-0.15, -0.1) is 10.2 Å². The maximum Gasteiger partial charge on any atom is 0.416 e. The summed E-state index contributed by atoms with van der Waals surface area (Å²) in [5.41, 5.74) is 0.533. The summed E-state index contributed by atoms with van der Waals surface area (Å²) in [4.78, 5) is 4.52. The zero-order valence-corrected chi connectivity index (χ0v) is 8.91. The molecule has 0 saturated carbocycles. The molecule has 96 valence electrons. The van der Waals surface area contributed by atoms with Gasteiger partial charge in [-0.3, -0.25) is 4.98 Å². The lowest BCUT2D eigenvalue weighted by Crippen LogP contribution is -2.33. The molecule has 0 aliphatic carbocycles. The largest absolute Gasteiger partial charge is 0.416 e. The van der Waals surface area contributed by atoms with E-state index in [-0.39, 0.29) is 5.82 Å². The lowest BCUT2D eigenvalue weighted by atomic mass is 10.3. The Labute approximate surface area is 99.1 Å². The van der Waals surface area contributed by atoms with Gasteiger partial charge in [0.25, 0.3) is 0 Å². The molecule has 2 rings (SSSR count). The lowest BCUT2D eigenvalue weighted by Gasteiger charge is -2.12. The summed E-state index contributed by atoms with van der Waals surface area (Å²) in [5, 5.41) is 19.6. The van der Waals surface area contributed by atoms with Crippen molar-refractivity contribution in [2.45, 2.75) is 18.8 Å². The maximum absolute atomic E-state index is 12.1. The number of aromatic nitrogens is 5. The fraction of sp³-hybridized carbons (Fsp3) is 0.333. The van der Waals surface area contributed by atoms with E-state index in [2.05, 4.69) is 20.4 Å². The summed E-state index contributed by atoms with van der Waals surface area (Å²) in [6, 6.07) is 3.29. The molecule has 1 N–H and O–H groups in total. The van der Waals surface area contributed by atoms with E-state index in [1.54, 1.807) is 18.3 Å². The molecule has 0 aromatic carbocycles. The van der Waals surface area contributed by atoms with E-state index in [0.717, 1.165) is 0 Å². The van der Waals surface area contributed by atoms with Crippen molar-refractivity contribution in [3.8, 4) is 11.4 Å². The van der Waals surface area contributed by atoms with Crippen LogP contribution in [0, 0.1) is 0 Å². The van der Waals surface area contributed by atoms with Gasteiger partial charge in [0.2, 0.25) is 5.82 Å². The zero-order chi connectivity index (χ0) is 13.2. The SMILES string of the molecule is O[C@@H](Cn1nnc(-c2cccnc2)n1)C(F)(F)F. The zero-order valence-electron chi connectivity index (χ0n) is 8.91. The number of aliphatic hydroxyl groups excluding tert-OH is 1. The van der Waals surface area contributed by atoms with Crippen molar-refractivity contribution in [3.63, 3.8) is 0 Å². The van der Waals surface area contributed by atoms with Gasteiger partial charge in [-0.25, -0.2) is 0 Å². The van der Waals surface area contributed by atoms with E-state index in [4.69, 9.17) is 5.11 Å². The van der Waals surface area contributed by atoms with Crippen LogP contribution in [0.15, 0.2) is 24.5 Å². The molecule has 9 heteroatoms. The minimum atomic E-state index is -4.71. The van der Waals surface area contributed by atoms with Crippen LogP contribution in [0.3, 0.4) is 0 Å². The number of pyridine rings is 1. The Bertz CT molecular complexity index is 512. The molecule has 0 aliphatic heterocycles. The van der Waals surface area contributed by atoms with E-state index < -0.39 is 18.8 Å². The second-order valence-electron chi connectivity index (χ2n) is 3.47. The maximum atomic E-state index is 12.1. The van der Waals surface area contributed by atoms with Crippen LogP contribution in [0.1, 0.15) is 0 Å². The number of aliphatic hydroxyl groups is 1. The van der Waals surface area contributed by atoms with Crippen LogP contribution < -0.4 is 0 Å². The second kappa shape index (κ2) is 4.69. The van der Waals surface area contributed by atoms with Crippen LogP contribution in [0.2, 0.25) is 0 Å². The number of hydrogen-bond donors (Lipinski definition) is 1. The van der Waals surface area contributed by atoms with Crippen LogP contribution >= 0.6 is 0 Å². The quantitative estimate of drug-likeness (QED) is 0.876. The average molecular weight is 259 g/mol. The molecule has 0 fully saturated rings. The van der Waals surface area contributed by atoms with Crippen molar-refractivity contribution in [1.29, 1.82) is 0 Å². The summed E-state index contributed by atoms with van der Waals surface area (Å²) >= 11 is 0. The Morgan fingerprint density at radius 1 is 1.39 bits per heavy atom. The number of tetrazole rings is 1. The molecule has 2 aromatic heterocycles. The first-order valence-corrected chi connectivity index (χ1v) is 4.90. The summed E-state index contributed by atoms with van der Waals surface area (Å²) in [5.74, 6) is 0.150. The van der Waals surface area contributed by atoms with Gasteiger partial charge in [0.05, 0.1) is 6.54 Å². The van der Waals surface area contributed by atoms with E-state index in [9.17, 15) is 13.2 Å². The van der Waals surface area contributed by atoms with Gasteiger partial charge in [0.15, 0.2) is 6.10 Å². The smallest absolute Gasteiger partial charge is 0.382 e. The summed E-state index contributed by atoms with van der Waals surface area (Å²) in [6.45, 7) is -0.795. The van der Waals surface area contributed by atoms with Crippen molar-refractivity contribution in [3.05, 3.63) is 24.5 Å². The first kappa shape index (κ1) is 12.4. The first-order valence-electron chi connectivity index (χ1n) is 4.90. The van der Waals surface area contributed by atoms with Crippen LogP contribution in [-0.4, -0.2) is 42.6 Å². The molecule has 18 heavy (non-hydrogen) atoms. The average Bonchev–Trinajstić information content (AvgIpc) is 2.77. The molecule has 0 radical (unpaired) electrons. The van der Waals surface area contributed by atoms with Crippen molar-refractivity contribution in [2.75, 3.05) is 0 Å². The molecule has 1 atom stereocenters. The fourth-order valence-corrected chi connectivity index (χ4v) is 1.19. The summed E-state index contributed by atoms with van der Waals surface area (Å²) in [6.07, 6.45) is -4.22. The lowest BCUT2D eigenvalue weighted by molar-refractivity contribution is -0.208. The molecule has 2 aromatic rings. The van der Waals surface area contributed by atoms with Crippen LogP contribution in [0.5, 0.6) is 0 Å². The molecule has 0 saturated heterocycles. The topological polar surface area (TPSA) is 76.7 Å². The molecule has 2 heterocycles. The molecular weight excluding hydrogens is 251 g/mol. The van der Waals surface area contributed by atoms with E-state index in [0.29, 0.717) is 10.4 Å². The third-order valence-electron chi connectivity index (χ3n) is 2.09. The predicted octanol–water partition coefficient (Wildman–Crippen LogP) is 0.658. The normalized spacial score (nSPS) is 13.6. The number of rotatable bonds is 3. The monoisotopic (exact) mass is 259 g/mol. The Morgan fingerprint density at radius 2 is 2.17 bits per heavy atom. The van der Waals surface area contributed by atoms with Crippen LogP contribution in [0.4, 0.5) is 13.2 Å². The number of halogens is 3. The Hall–Kier alpha value is -2.03. The van der Waals surface area contributed by atoms with E-state index >= 15 is 0 Å². The minimum Gasteiger partial charge on any atom is -0.382 e. The van der Waals surface area contributed by atoms with Gasteiger partial charge in [0, 0.05) is 18.0 Å². The molecule has 0 aliphatic rings. The van der Waals surface area contributed by atoms with E-state index in [1.165, 1.54) is 6.20 Å². The molecule has 0 spiro atoms. The highest BCUT2D eigenvalue weighted by Gasteiger charge is 2.38. The standard InChI is InChI=1S/C9H8F3N5O/c10-9(11,12)7(18)5-17-15-8(14-16-17)6-2-1-3-13-4-6/h1-4,7,18H,5H2/t7-/m0/s1. The highest BCUT2D eigenvalue weighted by Crippen LogP contribution is 2.21. The van der Waals surface area contributed by atoms with E-state index in [1.807, 2.05) is 0 Å². The number of alkyl halides is 3. The van der Waals surface area contributed by atoms with Gasteiger partial charge in [-0.05, 0) is 17.3 Å². The molecule has 0 amide bonds. The third-order valence-corrected chi connectivity index (χ3v) is 2.09. The third kappa shape index (κ3) is 2.80.